The number of aryl methyl sites for hydroxylation is 1. The van der Waals surface area contributed by atoms with Gasteiger partial charge in [-0.3, -0.25) is 0 Å². The first-order valence-corrected chi connectivity index (χ1v) is 5.88. The van der Waals surface area contributed by atoms with Crippen LogP contribution < -0.4 is 5.32 Å². The molecule has 2 aromatic rings. The van der Waals surface area contributed by atoms with Gasteiger partial charge in [0.05, 0.1) is 0 Å². The van der Waals surface area contributed by atoms with Crippen LogP contribution in [0.5, 0.6) is 0 Å². The van der Waals surface area contributed by atoms with Crippen LogP contribution in [0.3, 0.4) is 0 Å². The summed E-state index contributed by atoms with van der Waals surface area (Å²) in [6.45, 7) is 3.07. The zero-order chi connectivity index (χ0) is 11.0. The molecule has 1 fully saturated rings. The molecule has 0 aromatic carbocycles. The summed E-state index contributed by atoms with van der Waals surface area (Å²) >= 11 is 0. The minimum Gasteiger partial charge on any atom is -0.353 e. The van der Waals surface area contributed by atoms with Crippen LogP contribution in [0.25, 0.3) is 5.65 Å². The molecule has 16 heavy (non-hydrogen) atoms. The Kier molecular flexibility index (Phi) is 2.27. The molecule has 2 heterocycles. The second-order valence-corrected chi connectivity index (χ2v) is 4.62. The van der Waals surface area contributed by atoms with Crippen LogP contribution in [0.15, 0.2) is 18.3 Å². The van der Waals surface area contributed by atoms with Gasteiger partial charge in [-0.2, -0.15) is 4.98 Å². The summed E-state index contributed by atoms with van der Waals surface area (Å²) in [7, 11) is 0. The molecule has 1 N–H and O–H groups in total. The zero-order valence-electron chi connectivity index (χ0n) is 9.48. The number of pyridine rings is 1. The lowest BCUT2D eigenvalue weighted by atomic mass is 9.85. The van der Waals surface area contributed by atoms with Gasteiger partial charge >= 0.3 is 0 Å². The van der Waals surface area contributed by atoms with Gasteiger partial charge in [-0.15, -0.1) is 5.10 Å². The summed E-state index contributed by atoms with van der Waals surface area (Å²) in [5, 5.41) is 7.71. The molecule has 0 saturated heterocycles. The lowest BCUT2D eigenvalue weighted by molar-refractivity contribution is 0.333. The maximum Gasteiger partial charge on any atom is 0.243 e. The van der Waals surface area contributed by atoms with Crippen molar-refractivity contribution in [2.24, 2.45) is 5.92 Å². The summed E-state index contributed by atoms with van der Waals surface area (Å²) in [4.78, 5) is 4.42. The van der Waals surface area contributed by atoms with E-state index in [0.717, 1.165) is 24.1 Å². The Morgan fingerprint density at radius 3 is 3.06 bits per heavy atom. The molecule has 2 aromatic heterocycles. The van der Waals surface area contributed by atoms with E-state index in [1.165, 1.54) is 24.8 Å². The normalized spacial score (nSPS) is 16.3. The Morgan fingerprint density at radius 2 is 2.31 bits per heavy atom. The number of rotatable bonds is 3. The predicted octanol–water partition coefficient (Wildman–Crippen LogP) is 2.25. The predicted molar refractivity (Wildman–Crippen MR) is 63.6 cm³/mol. The van der Waals surface area contributed by atoms with Crippen molar-refractivity contribution < 1.29 is 0 Å². The van der Waals surface area contributed by atoms with E-state index in [2.05, 4.69) is 28.4 Å². The van der Waals surface area contributed by atoms with Crippen LogP contribution in [0.4, 0.5) is 5.95 Å². The van der Waals surface area contributed by atoms with Gasteiger partial charge in [0.25, 0.3) is 0 Å². The lowest BCUT2D eigenvalue weighted by Gasteiger charge is -2.24. The number of hydrogen-bond donors (Lipinski definition) is 1. The minimum atomic E-state index is 0.748. The molecule has 0 spiro atoms. The molecule has 0 radical (unpaired) electrons. The molecular weight excluding hydrogens is 200 g/mol. The highest BCUT2D eigenvalue weighted by Crippen LogP contribution is 2.26. The summed E-state index contributed by atoms with van der Waals surface area (Å²) in [5.74, 6) is 1.57. The highest BCUT2D eigenvalue weighted by Gasteiger charge is 2.17. The van der Waals surface area contributed by atoms with E-state index in [1.54, 1.807) is 0 Å². The van der Waals surface area contributed by atoms with E-state index >= 15 is 0 Å². The molecule has 1 aliphatic rings. The van der Waals surface area contributed by atoms with E-state index in [4.69, 9.17) is 0 Å². The maximum atomic E-state index is 4.42. The Bertz CT molecular complexity index is 499. The molecule has 1 aliphatic carbocycles. The third kappa shape index (κ3) is 1.75. The quantitative estimate of drug-likeness (QED) is 0.855. The summed E-state index contributed by atoms with van der Waals surface area (Å²) < 4.78 is 1.83. The average Bonchev–Trinajstić information content (AvgIpc) is 2.57. The van der Waals surface area contributed by atoms with Crippen molar-refractivity contribution in [1.29, 1.82) is 0 Å². The van der Waals surface area contributed by atoms with Crippen molar-refractivity contribution in [3.8, 4) is 0 Å². The lowest BCUT2D eigenvalue weighted by Crippen LogP contribution is -2.21. The molecular formula is C12H16N4. The zero-order valence-corrected chi connectivity index (χ0v) is 9.48. The molecule has 0 atom stereocenters. The number of nitrogens with one attached hydrogen (secondary N) is 1. The van der Waals surface area contributed by atoms with Crippen molar-refractivity contribution in [2.45, 2.75) is 26.2 Å². The van der Waals surface area contributed by atoms with Gasteiger partial charge < -0.3 is 5.32 Å². The van der Waals surface area contributed by atoms with Crippen LogP contribution in [0.1, 0.15) is 24.8 Å². The van der Waals surface area contributed by atoms with E-state index in [9.17, 15) is 0 Å². The molecule has 84 valence electrons. The summed E-state index contributed by atoms with van der Waals surface area (Å²) in [6.07, 6.45) is 6.07. The SMILES string of the molecule is Cc1ccc2nc(NCC3CCC3)nn2c1. The fourth-order valence-electron chi connectivity index (χ4n) is 1.99. The van der Waals surface area contributed by atoms with E-state index < -0.39 is 0 Å². The fraction of sp³-hybridized carbons (Fsp3) is 0.500. The summed E-state index contributed by atoms with van der Waals surface area (Å²) in [5.41, 5.74) is 2.10. The van der Waals surface area contributed by atoms with Gasteiger partial charge in [0.15, 0.2) is 5.65 Å². The Morgan fingerprint density at radius 1 is 1.44 bits per heavy atom. The first-order valence-electron chi connectivity index (χ1n) is 5.88. The Hall–Kier alpha value is -1.58. The number of anilines is 1. The number of nitrogens with zero attached hydrogens (tertiary/aromatic N) is 3. The fourth-order valence-corrected chi connectivity index (χ4v) is 1.99. The van der Waals surface area contributed by atoms with Crippen molar-refractivity contribution in [1.82, 2.24) is 14.6 Å². The number of aromatic nitrogens is 3. The Balaban J connectivity index is 1.76. The van der Waals surface area contributed by atoms with Crippen molar-refractivity contribution in [3.05, 3.63) is 23.9 Å². The molecule has 0 amide bonds. The monoisotopic (exact) mass is 216 g/mol. The molecule has 0 bridgehead atoms. The first kappa shape index (κ1) is 9.63. The second-order valence-electron chi connectivity index (χ2n) is 4.62. The number of fused-ring (bicyclic) bond motifs is 1. The van der Waals surface area contributed by atoms with Gasteiger partial charge in [-0.05, 0) is 37.3 Å². The van der Waals surface area contributed by atoms with E-state index in [1.807, 2.05) is 16.8 Å². The molecule has 3 rings (SSSR count). The summed E-state index contributed by atoms with van der Waals surface area (Å²) in [6, 6.07) is 4.05. The van der Waals surface area contributed by atoms with Gasteiger partial charge in [-0.1, -0.05) is 12.5 Å². The van der Waals surface area contributed by atoms with Crippen molar-refractivity contribution in [2.75, 3.05) is 11.9 Å². The average molecular weight is 216 g/mol. The van der Waals surface area contributed by atoms with E-state index in [-0.39, 0.29) is 0 Å². The van der Waals surface area contributed by atoms with E-state index in [0.29, 0.717) is 0 Å². The highest BCUT2D eigenvalue weighted by atomic mass is 15.3. The largest absolute Gasteiger partial charge is 0.353 e. The minimum absolute atomic E-state index is 0.748. The highest BCUT2D eigenvalue weighted by molar-refractivity contribution is 5.44. The van der Waals surface area contributed by atoms with Gasteiger partial charge in [0.1, 0.15) is 0 Å². The molecule has 4 nitrogen and oxygen atoms in total. The van der Waals surface area contributed by atoms with Crippen LogP contribution in [0.2, 0.25) is 0 Å². The first-order chi connectivity index (χ1) is 7.81. The standard InChI is InChI=1S/C12H16N4/c1-9-5-6-11-14-12(15-16(11)8-9)13-7-10-3-2-4-10/h5-6,8,10H,2-4,7H2,1H3,(H,13,15). The van der Waals surface area contributed by atoms with Crippen molar-refractivity contribution >= 4 is 11.6 Å². The molecule has 0 unspecified atom stereocenters. The van der Waals surface area contributed by atoms with Gasteiger partial charge in [-0.25, -0.2) is 4.52 Å². The maximum absolute atomic E-state index is 4.42. The van der Waals surface area contributed by atoms with Crippen LogP contribution in [0, 0.1) is 12.8 Å². The molecule has 0 aliphatic heterocycles. The van der Waals surface area contributed by atoms with Crippen LogP contribution in [-0.4, -0.2) is 21.1 Å². The number of hydrogen-bond acceptors (Lipinski definition) is 3. The van der Waals surface area contributed by atoms with Gasteiger partial charge in [0.2, 0.25) is 5.95 Å². The molecule has 4 heteroatoms. The van der Waals surface area contributed by atoms with Crippen LogP contribution in [-0.2, 0) is 0 Å². The topological polar surface area (TPSA) is 42.2 Å². The third-order valence-electron chi connectivity index (χ3n) is 3.25. The smallest absolute Gasteiger partial charge is 0.243 e. The third-order valence-corrected chi connectivity index (χ3v) is 3.25. The Labute approximate surface area is 94.7 Å². The van der Waals surface area contributed by atoms with Gasteiger partial charge in [0, 0.05) is 12.7 Å². The van der Waals surface area contributed by atoms with Crippen LogP contribution >= 0.6 is 0 Å². The van der Waals surface area contributed by atoms with Crippen molar-refractivity contribution in [3.63, 3.8) is 0 Å². The molecule has 1 saturated carbocycles. The second kappa shape index (κ2) is 3.77.